The largest absolute Gasteiger partial charge is 0.386 e. The maximum absolute atomic E-state index is 12.0. The molecule has 0 aromatic heterocycles. The Hall–Kier alpha value is -0.750. The normalized spacial score (nSPS) is 15.1. The number of alkyl halides is 2. The molecule has 0 bridgehead atoms. The van der Waals surface area contributed by atoms with Gasteiger partial charge >= 0.3 is 0 Å². The molecular formula is C11H22F2N2O2. The first-order valence-corrected chi connectivity index (χ1v) is 5.92. The maximum atomic E-state index is 12.0. The fourth-order valence-electron chi connectivity index (χ4n) is 1.30. The Morgan fingerprint density at radius 3 is 2.24 bits per heavy atom. The van der Waals surface area contributed by atoms with Crippen molar-refractivity contribution < 1.29 is 18.7 Å². The number of hydrogen-bond acceptors (Lipinski definition) is 3. The highest BCUT2D eigenvalue weighted by Crippen LogP contribution is 2.00. The summed E-state index contributed by atoms with van der Waals surface area (Å²) in [5, 5.41) is 14.3. The number of aliphatic hydroxyl groups excluding tert-OH is 1. The second-order valence-electron chi connectivity index (χ2n) is 4.05. The number of nitrogens with one attached hydrogen (secondary N) is 2. The average molecular weight is 252 g/mol. The summed E-state index contributed by atoms with van der Waals surface area (Å²) in [5.41, 5.74) is 0. The van der Waals surface area contributed by atoms with Gasteiger partial charge in [-0.2, -0.15) is 0 Å². The van der Waals surface area contributed by atoms with Gasteiger partial charge in [0.15, 0.2) is 0 Å². The van der Waals surface area contributed by atoms with Crippen LogP contribution in [0.1, 0.15) is 33.6 Å². The van der Waals surface area contributed by atoms with Crippen LogP contribution < -0.4 is 10.6 Å². The third kappa shape index (κ3) is 6.53. The minimum absolute atomic E-state index is 0.103. The topological polar surface area (TPSA) is 61.4 Å². The van der Waals surface area contributed by atoms with Gasteiger partial charge in [0.05, 0.1) is 6.04 Å². The molecule has 0 aromatic carbocycles. The van der Waals surface area contributed by atoms with Crippen LogP contribution in [0.3, 0.4) is 0 Å². The Morgan fingerprint density at radius 2 is 1.82 bits per heavy atom. The van der Waals surface area contributed by atoms with Crippen molar-refractivity contribution in [3.8, 4) is 0 Å². The lowest BCUT2D eigenvalue weighted by Gasteiger charge is -2.20. The molecule has 0 aromatic rings. The predicted octanol–water partition coefficient (Wildman–Crippen LogP) is 0.895. The lowest BCUT2D eigenvalue weighted by Crippen LogP contribution is -2.48. The summed E-state index contributed by atoms with van der Waals surface area (Å²) in [6.45, 7) is 5.21. The molecule has 2 atom stereocenters. The molecule has 0 saturated heterocycles. The standard InChI is InChI=1S/C11H22F2N2O2/c1-4-8(5-2)15-11(17)7(3)14-6-9(16)10(12)13/h7-10,14,16H,4-6H2,1-3H3,(H,15,17). The molecule has 3 N–H and O–H groups in total. The Bertz CT molecular complexity index is 224. The van der Waals surface area contributed by atoms with Crippen molar-refractivity contribution in [1.29, 1.82) is 0 Å². The molecule has 2 unspecified atom stereocenters. The van der Waals surface area contributed by atoms with Crippen LogP contribution in [0.15, 0.2) is 0 Å². The molecule has 4 nitrogen and oxygen atoms in total. The van der Waals surface area contributed by atoms with Gasteiger partial charge < -0.3 is 15.7 Å². The molecule has 0 aliphatic carbocycles. The number of rotatable bonds is 8. The fourth-order valence-corrected chi connectivity index (χ4v) is 1.30. The first-order valence-electron chi connectivity index (χ1n) is 5.92. The molecular weight excluding hydrogens is 230 g/mol. The van der Waals surface area contributed by atoms with E-state index in [0.717, 1.165) is 12.8 Å². The molecule has 0 fully saturated rings. The zero-order chi connectivity index (χ0) is 13.4. The van der Waals surface area contributed by atoms with Gasteiger partial charge in [0, 0.05) is 12.6 Å². The minimum atomic E-state index is -2.79. The molecule has 0 aliphatic heterocycles. The molecule has 17 heavy (non-hydrogen) atoms. The summed E-state index contributed by atoms with van der Waals surface area (Å²) in [4.78, 5) is 11.6. The lowest BCUT2D eigenvalue weighted by molar-refractivity contribution is -0.123. The lowest BCUT2D eigenvalue weighted by atomic mass is 10.1. The molecule has 0 radical (unpaired) electrons. The summed E-state index contributed by atoms with van der Waals surface area (Å²) in [7, 11) is 0. The van der Waals surface area contributed by atoms with Crippen molar-refractivity contribution in [3.05, 3.63) is 0 Å². The van der Waals surface area contributed by atoms with Crippen molar-refractivity contribution in [2.24, 2.45) is 0 Å². The molecule has 0 rings (SSSR count). The van der Waals surface area contributed by atoms with Crippen LogP contribution in [0.25, 0.3) is 0 Å². The second-order valence-corrected chi connectivity index (χ2v) is 4.05. The van der Waals surface area contributed by atoms with Crippen LogP contribution in [0.4, 0.5) is 8.78 Å². The quantitative estimate of drug-likeness (QED) is 0.601. The van der Waals surface area contributed by atoms with E-state index in [1.54, 1.807) is 6.92 Å². The van der Waals surface area contributed by atoms with Gasteiger partial charge in [-0.25, -0.2) is 8.78 Å². The van der Waals surface area contributed by atoms with Gasteiger partial charge in [0.2, 0.25) is 5.91 Å². The van der Waals surface area contributed by atoms with E-state index in [4.69, 9.17) is 5.11 Å². The van der Waals surface area contributed by atoms with E-state index in [0.29, 0.717) is 0 Å². The van der Waals surface area contributed by atoms with Gasteiger partial charge in [-0.05, 0) is 19.8 Å². The van der Waals surface area contributed by atoms with E-state index in [1.807, 2.05) is 13.8 Å². The summed E-state index contributed by atoms with van der Waals surface area (Å²) in [5.74, 6) is -0.236. The second kappa shape index (κ2) is 8.36. The maximum Gasteiger partial charge on any atom is 0.265 e. The van der Waals surface area contributed by atoms with Gasteiger partial charge in [0.1, 0.15) is 6.10 Å². The first-order chi connectivity index (χ1) is 7.92. The van der Waals surface area contributed by atoms with Crippen molar-refractivity contribution in [2.75, 3.05) is 6.54 Å². The molecule has 0 spiro atoms. The van der Waals surface area contributed by atoms with E-state index in [-0.39, 0.29) is 18.5 Å². The first kappa shape index (κ1) is 16.2. The summed E-state index contributed by atoms with van der Waals surface area (Å²) in [6, 6.07) is -0.490. The van der Waals surface area contributed by atoms with Crippen molar-refractivity contribution in [2.45, 2.75) is 58.2 Å². The highest BCUT2D eigenvalue weighted by molar-refractivity contribution is 5.81. The number of halogens is 2. The van der Waals surface area contributed by atoms with Gasteiger partial charge in [-0.15, -0.1) is 0 Å². The van der Waals surface area contributed by atoms with Crippen LogP contribution in [-0.4, -0.2) is 42.2 Å². The average Bonchev–Trinajstić information content (AvgIpc) is 2.31. The van der Waals surface area contributed by atoms with Crippen molar-refractivity contribution in [3.63, 3.8) is 0 Å². The zero-order valence-corrected chi connectivity index (χ0v) is 10.5. The monoisotopic (exact) mass is 252 g/mol. The Morgan fingerprint density at radius 1 is 1.29 bits per heavy atom. The van der Waals surface area contributed by atoms with Crippen LogP contribution in [-0.2, 0) is 4.79 Å². The van der Waals surface area contributed by atoms with Gasteiger partial charge in [-0.3, -0.25) is 4.79 Å². The third-order valence-corrected chi connectivity index (χ3v) is 2.65. The number of hydrogen-bond donors (Lipinski definition) is 3. The minimum Gasteiger partial charge on any atom is -0.386 e. The third-order valence-electron chi connectivity index (χ3n) is 2.65. The molecule has 102 valence electrons. The number of carbonyl (C=O) groups is 1. The number of carbonyl (C=O) groups excluding carboxylic acids is 1. The fraction of sp³-hybridized carbons (Fsp3) is 0.909. The summed E-state index contributed by atoms with van der Waals surface area (Å²) < 4.78 is 24.0. The van der Waals surface area contributed by atoms with Gasteiger partial charge in [-0.1, -0.05) is 13.8 Å². The van der Waals surface area contributed by atoms with Crippen LogP contribution in [0, 0.1) is 0 Å². The van der Waals surface area contributed by atoms with Crippen molar-refractivity contribution >= 4 is 5.91 Å². The smallest absolute Gasteiger partial charge is 0.265 e. The highest BCUT2D eigenvalue weighted by atomic mass is 19.3. The molecule has 6 heteroatoms. The van der Waals surface area contributed by atoms with E-state index in [9.17, 15) is 13.6 Å². The van der Waals surface area contributed by atoms with E-state index < -0.39 is 18.6 Å². The molecule has 0 heterocycles. The Kier molecular flexibility index (Phi) is 7.99. The predicted molar refractivity (Wildman–Crippen MR) is 62.0 cm³/mol. The van der Waals surface area contributed by atoms with Crippen LogP contribution >= 0.6 is 0 Å². The van der Waals surface area contributed by atoms with Crippen LogP contribution in [0.2, 0.25) is 0 Å². The zero-order valence-electron chi connectivity index (χ0n) is 10.5. The molecule has 0 saturated carbocycles. The SMILES string of the molecule is CCC(CC)NC(=O)C(C)NCC(O)C(F)F. The van der Waals surface area contributed by atoms with E-state index >= 15 is 0 Å². The highest BCUT2D eigenvalue weighted by Gasteiger charge is 2.20. The molecule has 0 aliphatic rings. The van der Waals surface area contributed by atoms with E-state index in [2.05, 4.69) is 10.6 Å². The van der Waals surface area contributed by atoms with Crippen LogP contribution in [0.5, 0.6) is 0 Å². The molecule has 1 amide bonds. The van der Waals surface area contributed by atoms with E-state index in [1.165, 1.54) is 0 Å². The summed E-state index contributed by atoms with van der Waals surface area (Å²) >= 11 is 0. The number of amides is 1. The number of aliphatic hydroxyl groups is 1. The van der Waals surface area contributed by atoms with Gasteiger partial charge in [0.25, 0.3) is 6.43 Å². The van der Waals surface area contributed by atoms with Crippen molar-refractivity contribution in [1.82, 2.24) is 10.6 Å². The summed E-state index contributed by atoms with van der Waals surface area (Å²) in [6.07, 6.45) is -2.88. The Balaban J connectivity index is 3.97. The Labute approximate surface area is 101 Å².